The molecule has 0 bridgehead atoms. The minimum Gasteiger partial charge on any atom is -0.484 e. The first-order valence-electron chi connectivity index (χ1n) is 9.93. The van der Waals surface area contributed by atoms with Gasteiger partial charge in [0.05, 0.1) is 0 Å². The molecule has 3 rings (SSSR count). The fraction of sp³-hybridized carbons (Fsp3) is 0.391. The van der Waals surface area contributed by atoms with Crippen LogP contribution in [0.25, 0.3) is 0 Å². The Bertz CT molecular complexity index is 828. The Morgan fingerprint density at radius 3 is 2.17 bits per heavy atom. The average Bonchev–Trinajstić information content (AvgIpc) is 2.74. The van der Waals surface area contributed by atoms with Crippen molar-refractivity contribution >= 4 is 11.8 Å². The van der Waals surface area contributed by atoms with Gasteiger partial charge in [-0.25, -0.2) is 4.39 Å². The molecule has 154 valence electrons. The maximum atomic E-state index is 13.0. The summed E-state index contributed by atoms with van der Waals surface area (Å²) in [5.41, 5.74) is 2.08. The van der Waals surface area contributed by atoms with Gasteiger partial charge < -0.3 is 14.5 Å². The minimum atomic E-state index is -0.278. The predicted molar refractivity (Wildman–Crippen MR) is 109 cm³/mol. The number of nitrogens with zero attached hydrogens (tertiary/aromatic N) is 2. The molecule has 1 heterocycles. The standard InChI is InChI=1S/C23H27FN2O3/c1-17-3-9-21(10-4-17)29-16-22(27)25-11-13-26(14-12-25)23(28)18(2)15-19-5-7-20(24)8-6-19/h3-10,18H,11-16H2,1-2H3. The molecule has 0 N–H and O–H groups in total. The Kier molecular flexibility index (Phi) is 6.86. The summed E-state index contributed by atoms with van der Waals surface area (Å²) in [6, 6.07) is 13.8. The highest BCUT2D eigenvalue weighted by Crippen LogP contribution is 2.15. The van der Waals surface area contributed by atoms with E-state index in [1.807, 2.05) is 38.1 Å². The smallest absolute Gasteiger partial charge is 0.260 e. The van der Waals surface area contributed by atoms with Gasteiger partial charge in [0.15, 0.2) is 6.61 Å². The first-order valence-corrected chi connectivity index (χ1v) is 9.93. The molecule has 2 aromatic carbocycles. The quantitative estimate of drug-likeness (QED) is 0.752. The van der Waals surface area contributed by atoms with Gasteiger partial charge in [0.1, 0.15) is 11.6 Å². The first kappa shape index (κ1) is 20.8. The van der Waals surface area contributed by atoms with E-state index in [1.165, 1.54) is 12.1 Å². The zero-order chi connectivity index (χ0) is 20.8. The van der Waals surface area contributed by atoms with Crippen molar-refractivity contribution < 1.29 is 18.7 Å². The van der Waals surface area contributed by atoms with Gasteiger partial charge >= 0.3 is 0 Å². The molecule has 0 radical (unpaired) electrons. The molecule has 2 aromatic rings. The third-order valence-corrected chi connectivity index (χ3v) is 5.20. The Hall–Kier alpha value is -2.89. The fourth-order valence-corrected chi connectivity index (χ4v) is 3.42. The van der Waals surface area contributed by atoms with Crippen molar-refractivity contribution in [2.75, 3.05) is 32.8 Å². The van der Waals surface area contributed by atoms with Crippen LogP contribution in [-0.4, -0.2) is 54.4 Å². The second-order valence-electron chi connectivity index (χ2n) is 7.54. The second kappa shape index (κ2) is 9.54. The second-order valence-corrected chi connectivity index (χ2v) is 7.54. The van der Waals surface area contributed by atoms with Crippen LogP contribution >= 0.6 is 0 Å². The minimum absolute atomic E-state index is 0.00201. The van der Waals surface area contributed by atoms with Gasteiger partial charge in [-0.05, 0) is 43.2 Å². The van der Waals surface area contributed by atoms with E-state index in [2.05, 4.69) is 0 Å². The highest BCUT2D eigenvalue weighted by atomic mass is 19.1. The molecule has 1 aliphatic rings. The van der Waals surface area contributed by atoms with Crippen LogP contribution in [0, 0.1) is 18.7 Å². The van der Waals surface area contributed by atoms with Gasteiger partial charge in [-0.2, -0.15) is 0 Å². The van der Waals surface area contributed by atoms with Crippen molar-refractivity contribution in [2.24, 2.45) is 5.92 Å². The number of carbonyl (C=O) groups excluding carboxylic acids is 2. The van der Waals surface area contributed by atoms with E-state index < -0.39 is 0 Å². The van der Waals surface area contributed by atoms with E-state index >= 15 is 0 Å². The fourth-order valence-electron chi connectivity index (χ4n) is 3.42. The van der Waals surface area contributed by atoms with Crippen LogP contribution in [0.15, 0.2) is 48.5 Å². The van der Waals surface area contributed by atoms with Crippen molar-refractivity contribution in [3.8, 4) is 5.75 Å². The van der Waals surface area contributed by atoms with E-state index in [0.717, 1.165) is 11.1 Å². The van der Waals surface area contributed by atoms with Crippen molar-refractivity contribution in [1.82, 2.24) is 9.80 Å². The number of halogens is 1. The maximum Gasteiger partial charge on any atom is 0.260 e. The van der Waals surface area contributed by atoms with Crippen molar-refractivity contribution in [1.29, 1.82) is 0 Å². The van der Waals surface area contributed by atoms with Crippen LogP contribution in [0.2, 0.25) is 0 Å². The monoisotopic (exact) mass is 398 g/mol. The molecular weight excluding hydrogens is 371 g/mol. The molecule has 1 aliphatic heterocycles. The van der Waals surface area contributed by atoms with Gasteiger partial charge in [0, 0.05) is 32.1 Å². The van der Waals surface area contributed by atoms with E-state index in [0.29, 0.717) is 38.3 Å². The Labute approximate surface area is 171 Å². The summed E-state index contributed by atoms with van der Waals surface area (Å²) >= 11 is 0. The van der Waals surface area contributed by atoms with Gasteiger partial charge in [-0.3, -0.25) is 9.59 Å². The van der Waals surface area contributed by atoms with Crippen LogP contribution in [0.4, 0.5) is 4.39 Å². The van der Waals surface area contributed by atoms with Gasteiger partial charge in [0.25, 0.3) is 5.91 Å². The largest absolute Gasteiger partial charge is 0.484 e. The molecule has 0 aromatic heterocycles. The summed E-state index contributed by atoms with van der Waals surface area (Å²) in [5, 5.41) is 0. The molecule has 1 unspecified atom stereocenters. The number of hydrogen-bond acceptors (Lipinski definition) is 3. The SMILES string of the molecule is Cc1ccc(OCC(=O)N2CCN(C(=O)C(C)Cc3ccc(F)cc3)CC2)cc1. The zero-order valence-electron chi connectivity index (χ0n) is 16.9. The summed E-state index contributed by atoms with van der Waals surface area (Å²) in [6.45, 7) is 5.93. The van der Waals surface area contributed by atoms with E-state index in [1.54, 1.807) is 21.9 Å². The molecular formula is C23H27FN2O3. The number of rotatable bonds is 6. The molecule has 29 heavy (non-hydrogen) atoms. The summed E-state index contributed by atoms with van der Waals surface area (Å²) < 4.78 is 18.6. The van der Waals surface area contributed by atoms with Gasteiger partial charge in [-0.15, -0.1) is 0 Å². The number of aryl methyl sites for hydroxylation is 1. The van der Waals surface area contributed by atoms with E-state index in [4.69, 9.17) is 4.74 Å². The Morgan fingerprint density at radius 2 is 1.55 bits per heavy atom. The maximum absolute atomic E-state index is 13.0. The van der Waals surface area contributed by atoms with Crippen LogP contribution in [0.5, 0.6) is 5.75 Å². The molecule has 0 aliphatic carbocycles. The normalized spacial score (nSPS) is 15.1. The molecule has 1 atom stereocenters. The molecule has 6 heteroatoms. The van der Waals surface area contributed by atoms with Gasteiger partial charge in [0.2, 0.25) is 5.91 Å². The Morgan fingerprint density at radius 1 is 0.966 bits per heavy atom. The first-order chi connectivity index (χ1) is 13.9. The van der Waals surface area contributed by atoms with Gasteiger partial charge in [-0.1, -0.05) is 36.8 Å². The van der Waals surface area contributed by atoms with Crippen molar-refractivity contribution in [3.63, 3.8) is 0 Å². The number of piperazine rings is 1. The molecule has 0 saturated carbocycles. The average molecular weight is 398 g/mol. The summed E-state index contributed by atoms with van der Waals surface area (Å²) in [5.74, 6) is 0.203. The summed E-state index contributed by atoms with van der Waals surface area (Å²) in [6.07, 6.45) is 0.572. The lowest BCUT2D eigenvalue weighted by molar-refractivity contribution is -0.142. The van der Waals surface area contributed by atoms with Crippen molar-refractivity contribution in [3.05, 3.63) is 65.5 Å². The number of benzene rings is 2. The molecule has 2 amide bonds. The highest BCUT2D eigenvalue weighted by molar-refractivity contribution is 5.80. The lowest BCUT2D eigenvalue weighted by Gasteiger charge is -2.36. The van der Waals surface area contributed by atoms with E-state index in [-0.39, 0.29) is 30.2 Å². The van der Waals surface area contributed by atoms with Crippen LogP contribution in [0.1, 0.15) is 18.1 Å². The third kappa shape index (κ3) is 5.79. The van der Waals surface area contributed by atoms with Crippen LogP contribution in [-0.2, 0) is 16.0 Å². The lowest BCUT2D eigenvalue weighted by atomic mass is 9.99. The number of carbonyl (C=O) groups is 2. The van der Waals surface area contributed by atoms with Crippen LogP contribution in [0.3, 0.4) is 0 Å². The molecule has 1 saturated heterocycles. The van der Waals surface area contributed by atoms with E-state index in [9.17, 15) is 14.0 Å². The predicted octanol–water partition coefficient (Wildman–Crippen LogP) is 3.06. The number of hydrogen-bond donors (Lipinski definition) is 0. The zero-order valence-corrected chi connectivity index (χ0v) is 16.9. The van der Waals surface area contributed by atoms with Crippen LogP contribution < -0.4 is 4.74 Å². The lowest BCUT2D eigenvalue weighted by Crippen LogP contribution is -2.52. The summed E-state index contributed by atoms with van der Waals surface area (Å²) in [4.78, 5) is 28.6. The highest BCUT2D eigenvalue weighted by Gasteiger charge is 2.27. The number of ether oxygens (including phenoxy) is 1. The number of amides is 2. The molecule has 1 fully saturated rings. The summed E-state index contributed by atoms with van der Waals surface area (Å²) in [7, 11) is 0. The Balaban J connectivity index is 1.43. The molecule has 0 spiro atoms. The topological polar surface area (TPSA) is 49.9 Å². The van der Waals surface area contributed by atoms with Crippen molar-refractivity contribution in [2.45, 2.75) is 20.3 Å². The molecule has 5 nitrogen and oxygen atoms in total. The third-order valence-electron chi connectivity index (χ3n) is 5.20.